The van der Waals surface area contributed by atoms with Crippen molar-refractivity contribution in [1.29, 1.82) is 0 Å². The van der Waals surface area contributed by atoms with Gasteiger partial charge in [-0.25, -0.2) is 4.79 Å². The van der Waals surface area contributed by atoms with Crippen molar-refractivity contribution in [3.8, 4) is 0 Å². The van der Waals surface area contributed by atoms with Gasteiger partial charge in [0.1, 0.15) is 0 Å². The number of hydrogen-bond donors (Lipinski definition) is 3. The summed E-state index contributed by atoms with van der Waals surface area (Å²) in [5.74, 6) is 0.756. The first kappa shape index (κ1) is 19.8. The lowest BCUT2D eigenvalue weighted by Gasteiger charge is -2.25. The molecular formula is C19H26N4O2S. The Labute approximate surface area is 158 Å². The maximum absolute atomic E-state index is 11.2. The molecule has 1 amide bonds. The minimum atomic E-state index is -0.478. The molecule has 1 aromatic heterocycles. The Morgan fingerprint density at radius 1 is 1.19 bits per heavy atom. The fourth-order valence-electron chi connectivity index (χ4n) is 2.34. The molecule has 2 rings (SSSR count). The Bertz CT molecular complexity index is 725. The summed E-state index contributed by atoms with van der Waals surface area (Å²) in [5, 5.41) is 11.4. The first-order chi connectivity index (χ1) is 12.4. The molecule has 0 saturated carbocycles. The van der Waals surface area contributed by atoms with E-state index in [-0.39, 0.29) is 5.41 Å². The molecule has 0 aliphatic carbocycles. The summed E-state index contributed by atoms with van der Waals surface area (Å²) in [6, 6.07) is 11.8. The molecule has 0 unspecified atom stereocenters. The lowest BCUT2D eigenvalue weighted by Crippen LogP contribution is -2.42. The maximum atomic E-state index is 11.2. The largest absolute Gasteiger partial charge is 0.453 e. The fourth-order valence-corrected chi connectivity index (χ4v) is 3.19. The number of guanidine groups is 1. The lowest BCUT2D eigenvalue weighted by atomic mass is 9.91. The van der Waals surface area contributed by atoms with Crippen LogP contribution < -0.4 is 16.0 Å². The van der Waals surface area contributed by atoms with Crippen LogP contribution in [0, 0.1) is 0 Å². The molecule has 0 saturated heterocycles. The molecule has 0 fully saturated rings. The van der Waals surface area contributed by atoms with Crippen LogP contribution in [-0.2, 0) is 16.7 Å². The summed E-state index contributed by atoms with van der Waals surface area (Å²) in [4.78, 5) is 16.8. The first-order valence-corrected chi connectivity index (χ1v) is 9.25. The normalized spacial score (nSPS) is 11.8. The van der Waals surface area contributed by atoms with Crippen LogP contribution in [-0.4, -0.2) is 32.8 Å². The number of benzene rings is 1. The van der Waals surface area contributed by atoms with Crippen LogP contribution in [0.4, 0.5) is 10.5 Å². The SMILES string of the molecule is CN=C(NCc1ccc(NC(=O)OC)cc1)NCC(C)(C)c1cccs1. The highest BCUT2D eigenvalue weighted by Gasteiger charge is 2.21. The molecule has 0 bridgehead atoms. The van der Waals surface area contributed by atoms with Gasteiger partial charge in [-0.3, -0.25) is 10.3 Å². The maximum Gasteiger partial charge on any atom is 0.411 e. The molecule has 0 spiro atoms. The van der Waals surface area contributed by atoms with Gasteiger partial charge in [-0.15, -0.1) is 11.3 Å². The van der Waals surface area contributed by atoms with Gasteiger partial charge >= 0.3 is 6.09 Å². The summed E-state index contributed by atoms with van der Waals surface area (Å²) in [6.07, 6.45) is -0.478. The summed E-state index contributed by atoms with van der Waals surface area (Å²) in [7, 11) is 3.10. The smallest absolute Gasteiger partial charge is 0.411 e. The zero-order valence-corrected chi connectivity index (χ0v) is 16.4. The second-order valence-electron chi connectivity index (χ2n) is 6.45. The quantitative estimate of drug-likeness (QED) is 0.534. The third-order valence-corrected chi connectivity index (χ3v) is 5.19. The van der Waals surface area contributed by atoms with Gasteiger partial charge in [0.15, 0.2) is 5.96 Å². The van der Waals surface area contributed by atoms with Gasteiger partial charge in [0.25, 0.3) is 0 Å². The van der Waals surface area contributed by atoms with Crippen LogP contribution in [0.5, 0.6) is 0 Å². The summed E-state index contributed by atoms with van der Waals surface area (Å²) in [5.41, 5.74) is 1.81. The number of amides is 1. The zero-order valence-electron chi connectivity index (χ0n) is 15.6. The van der Waals surface area contributed by atoms with Crippen molar-refractivity contribution in [2.75, 3.05) is 26.0 Å². The van der Waals surface area contributed by atoms with Crippen LogP contribution in [0.1, 0.15) is 24.3 Å². The number of hydrogen-bond acceptors (Lipinski definition) is 4. The number of carbonyl (C=O) groups excluding carboxylic acids is 1. The van der Waals surface area contributed by atoms with Crippen molar-refractivity contribution in [3.63, 3.8) is 0 Å². The second kappa shape index (κ2) is 9.24. The number of nitrogens with one attached hydrogen (secondary N) is 3. The fraction of sp³-hybridized carbons (Fsp3) is 0.368. The van der Waals surface area contributed by atoms with Crippen molar-refractivity contribution in [2.24, 2.45) is 4.99 Å². The lowest BCUT2D eigenvalue weighted by molar-refractivity contribution is 0.187. The Morgan fingerprint density at radius 2 is 1.92 bits per heavy atom. The van der Waals surface area contributed by atoms with E-state index in [0.29, 0.717) is 12.2 Å². The van der Waals surface area contributed by atoms with Crippen molar-refractivity contribution in [3.05, 3.63) is 52.2 Å². The second-order valence-corrected chi connectivity index (χ2v) is 7.40. The van der Waals surface area contributed by atoms with E-state index in [2.05, 4.69) is 57.0 Å². The number of rotatable bonds is 6. The molecule has 2 aromatic rings. The van der Waals surface area contributed by atoms with E-state index in [1.54, 1.807) is 18.4 Å². The Morgan fingerprint density at radius 3 is 2.50 bits per heavy atom. The number of methoxy groups -OCH3 is 1. The highest BCUT2D eigenvalue weighted by Crippen LogP contribution is 2.26. The molecule has 0 aliphatic rings. The molecular weight excluding hydrogens is 348 g/mol. The van der Waals surface area contributed by atoms with E-state index in [1.807, 2.05) is 24.3 Å². The van der Waals surface area contributed by atoms with Gasteiger partial charge in [-0.05, 0) is 29.1 Å². The van der Waals surface area contributed by atoms with Crippen molar-refractivity contribution < 1.29 is 9.53 Å². The monoisotopic (exact) mass is 374 g/mol. The molecule has 7 heteroatoms. The van der Waals surface area contributed by atoms with Gasteiger partial charge in [0, 0.05) is 36.1 Å². The number of nitrogens with zero attached hydrogens (tertiary/aromatic N) is 1. The molecule has 26 heavy (non-hydrogen) atoms. The van der Waals surface area contributed by atoms with E-state index in [1.165, 1.54) is 12.0 Å². The van der Waals surface area contributed by atoms with Crippen LogP contribution in [0.25, 0.3) is 0 Å². The molecule has 0 atom stereocenters. The highest BCUT2D eigenvalue weighted by molar-refractivity contribution is 7.10. The minimum Gasteiger partial charge on any atom is -0.453 e. The number of thiophene rings is 1. The Balaban J connectivity index is 1.84. The molecule has 6 nitrogen and oxygen atoms in total. The molecule has 3 N–H and O–H groups in total. The van der Waals surface area contributed by atoms with E-state index < -0.39 is 6.09 Å². The predicted molar refractivity (Wildman–Crippen MR) is 108 cm³/mol. The third-order valence-electron chi connectivity index (χ3n) is 3.96. The number of anilines is 1. The minimum absolute atomic E-state index is 0.0347. The zero-order chi connectivity index (χ0) is 19.0. The Kier molecular flexibility index (Phi) is 7.03. The van der Waals surface area contributed by atoms with Crippen LogP contribution in [0.2, 0.25) is 0 Å². The van der Waals surface area contributed by atoms with Gasteiger partial charge < -0.3 is 15.4 Å². The summed E-state index contributed by atoms with van der Waals surface area (Å²) < 4.78 is 4.57. The topological polar surface area (TPSA) is 74.8 Å². The molecule has 1 aromatic carbocycles. The molecule has 0 aliphatic heterocycles. The average molecular weight is 375 g/mol. The standard InChI is InChI=1S/C19H26N4O2S/c1-19(2,16-6-5-11-26-16)13-22-17(20-3)21-12-14-7-9-15(10-8-14)23-18(24)25-4/h5-11H,12-13H2,1-4H3,(H,23,24)(H2,20,21,22). The number of ether oxygens (including phenoxy) is 1. The van der Waals surface area contributed by atoms with Crippen molar-refractivity contribution >= 4 is 29.1 Å². The average Bonchev–Trinajstić information content (AvgIpc) is 3.18. The van der Waals surface area contributed by atoms with E-state index >= 15 is 0 Å². The van der Waals surface area contributed by atoms with Crippen LogP contribution in [0.3, 0.4) is 0 Å². The first-order valence-electron chi connectivity index (χ1n) is 8.37. The summed E-state index contributed by atoms with van der Waals surface area (Å²) in [6.45, 7) is 5.85. The Hall–Kier alpha value is -2.54. The number of carbonyl (C=O) groups is 1. The van der Waals surface area contributed by atoms with Gasteiger partial charge in [-0.1, -0.05) is 32.0 Å². The summed E-state index contributed by atoms with van der Waals surface area (Å²) >= 11 is 1.77. The van der Waals surface area contributed by atoms with E-state index in [0.717, 1.165) is 18.1 Å². The van der Waals surface area contributed by atoms with E-state index in [4.69, 9.17) is 0 Å². The molecule has 1 heterocycles. The van der Waals surface area contributed by atoms with Crippen molar-refractivity contribution in [1.82, 2.24) is 10.6 Å². The predicted octanol–water partition coefficient (Wildman–Crippen LogP) is 3.57. The molecule has 0 radical (unpaired) electrons. The third kappa shape index (κ3) is 5.77. The van der Waals surface area contributed by atoms with Crippen LogP contribution >= 0.6 is 11.3 Å². The van der Waals surface area contributed by atoms with Gasteiger partial charge in [0.05, 0.1) is 7.11 Å². The molecule has 140 valence electrons. The number of aliphatic imine (C=N–C) groups is 1. The van der Waals surface area contributed by atoms with Gasteiger partial charge in [0.2, 0.25) is 0 Å². The van der Waals surface area contributed by atoms with E-state index in [9.17, 15) is 4.79 Å². The van der Waals surface area contributed by atoms with Gasteiger partial charge in [-0.2, -0.15) is 0 Å². The highest BCUT2D eigenvalue weighted by atomic mass is 32.1. The van der Waals surface area contributed by atoms with Crippen LogP contribution in [0.15, 0.2) is 46.8 Å². The van der Waals surface area contributed by atoms with Crippen molar-refractivity contribution in [2.45, 2.75) is 25.8 Å².